The number of hydrogen-bond acceptors (Lipinski definition) is 5. The van der Waals surface area contributed by atoms with E-state index in [4.69, 9.17) is 14.2 Å². The Labute approximate surface area is 94.7 Å². The van der Waals surface area contributed by atoms with E-state index >= 15 is 0 Å². The molecule has 2 saturated heterocycles. The molecule has 0 aliphatic carbocycles. The summed E-state index contributed by atoms with van der Waals surface area (Å²) in [6.45, 7) is 4.35. The van der Waals surface area contributed by atoms with E-state index in [1.54, 1.807) is 13.8 Å². The molecule has 2 rings (SSSR count). The lowest BCUT2D eigenvalue weighted by Crippen LogP contribution is -2.42. The Hall–Kier alpha value is -0.650. The molecule has 2 aliphatic rings. The minimum absolute atomic E-state index is 0.317. The van der Waals surface area contributed by atoms with Gasteiger partial charge in [0, 0.05) is 0 Å². The average molecular weight is 230 g/mol. The number of rotatable bonds is 2. The average Bonchev–Trinajstić information content (AvgIpc) is 2.59. The van der Waals surface area contributed by atoms with E-state index in [0.717, 1.165) is 6.42 Å². The maximum Gasteiger partial charge on any atom is 0.311 e. The molecule has 2 aliphatic heterocycles. The normalized spacial score (nSPS) is 35.8. The summed E-state index contributed by atoms with van der Waals surface area (Å²) in [5, 5.41) is 10.1. The third-order valence-corrected chi connectivity index (χ3v) is 3.03. The molecule has 5 nitrogen and oxygen atoms in total. The van der Waals surface area contributed by atoms with Crippen molar-refractivity contribution in [3.8, 4) is 0 Å². The number of ether oxygens (including phenoxy) is 3. The van der Waals surface area contributed by atoms with Crippen molar-refractivity contribution >= 4 is 5.97 Å². The fourth-order valence-electron chi connectivity index (χ4n) is 2.15. The summed E-state index contributed by atoms with van der Waals surface area (Å²) in [4.78, 5) is 11.5. The standard InChI is InChI=1S/C11H18O5/c1-11(2)15-6-8(16-11)9(12)7-4-3-5-14-10(7)13/h7-9,12H,3-6H2,1-2H3/t7?,8-,9?/m1/s1. The third kappa shape index (κ3) is 2.36. The number of carbonyl (C=O) groups excluding carboxylic acids is 1. The van der Waals surface area contributed by atoms with E-state index < -0.39 is 23.9 Å². The second-order valence-corrected chi connectivity index (χ2v) is 4.77. The van der Waals surface area contributed by atoms with Crippen LogP contribution < -0.4 is 0 Å². The van der Waals surface area contributed by atoms with Gasteiger partial charge in [-0.05, 0) is 26.7 Å². The summed E-state index contributed by atoms with van der Waals surface area (Å²) < 4.78 is 15.8. The molecule has 0 saturated carbocycles. The molecular formula is C11H18O5. The van der Waals surface area contributed by atoms with Crippen molar-refractivity contribution in [1.82, 2.24) is 0 Å². The number of carbonyl (C=O) groups is 1. The Kier molecular flexibility index (Phi) is 3.19. The van der Waals surface area contributed by atoms with Crippen LogP contribution in [0, 0.1) is 5.92 Å². The Bertz CT molecular complexity index is 276. The van der Waals surface area contributed by atoms with Gasteiger partial charge >= 0.3 is 5.97 Å². The van der Waals surface area contributed by atoms with Gasteiger partial charge in [0.05, 0.1) is 25.2 Å². The van der Waals surface area contributed by atoms with Crippen LogP contribution >= 0.6 is 0 Å². The van der Waals surface area contributed by atoms with Crippen molar-refractivity contribution in [2.24, 2.45) is 5.92 Å². The SMILES string of the molecule is CC1(C)OC[C@H](C(O)C2CCCOC2=O)O1. The summed E-state index contributed by atoms with van der Waals surface area (Å²) in [6, 6.07) is 0. The molecule has 0 aromatic carbocycles. The Morgan fingerprint density at radius 1 is 1.50 bits per heavy atom. The highest BCUT2D eigenvalue weighted by atomic mass is 16.7. The van der Waals surface area contributed by atoms with Gasteiger partial charge in [-0.1, -0.05) is 0 Å². The largest absolute Gasteiger partial charge is 0.465 e. The molecule has 0 aromatic heterocycles. The van der Waals surface area contributed by atoms with Crippen molar-refractivity contribution in [3.05, 3.63) is 0 Å². The molecule has 0 aromatic rings. The minimum Gasteiger partial charge on any atom is -0.465 e. The van der Waals surface area contributed by atoms with E-state index in [1.807, 2.05) is 0 Å². The lowest BCUT2D eigenvalue weighted by Gasteiger charge is -2.28. The maximum absolute atomic E-state index is 11.5. The van der Waals surface area contributed by atoms with Crippen LogP contribution in [0.25, 0.3) is 0 Å². The van der Waals surface area contributed by atoms with Gasteiger partial charge in [0.2, 0.25) is 0 Å². The highest BCUT2D eigenvalue weighted by Crippen LogP contribution is 2.29. The molecule has 3 atom stereocenters. The van der Waals surface area contributed by atoms with E-state index in [-0.39, 0.29) is 5.97 Å². The van der Waals surface area contributed by atoms with Gasteiger partial charge in [0.25, 0.3) is 0 Å². The van der Waals surface area contributed by atoms with E-state index in [2.05, 4.69) is 0 Å². The van der Waals surface area contributed by atoms with Crippen molar-refractivity contribution in [2.45, 2.75) is 44.7 Å². The van der Waals surface area contributed by atoms with Crippen molar-refractivity contribution in [1.29, 1.82) is 0 Å². The summed E-state index contributed by atoms with van der Waals surface area (Å²) >= 11 is 0. The molecular weight excluding hydrogens is 212 g/mol. The zero-order valence-corrected chi connectivity index (χ0v) is 9.64. The van der Waals surface area contributed by atoms with Crippen molar-refractivity contribution < 1.29 is 24.1 Å². The number of aliphatic hydroxyl groups excluding tert-OH is 1. The molecule has 2 heterocycles. The highest BCUT2D eigenvalue weighted by molar-refractivity contribution is 5.73. The van der Waals surface area contributed by atoms with E-state index in [0.29, 0.717) is 19.6 Å². The molecule has 2 unspecified atom stereocenters. The first-order valence-electron chi connectivity index (χ1n) is 5.66. The molecule has 0 radical (unpaired) electrons. The first-order chi connectivity index (χ1) is 7.49. The lowest BCUT2D eigenvalue weighted by atomic mass is 9.92. The molecule has 92 valence electrons. The highest BCUT2D eigenvalue weighted by Gasteiger charge is 2.43. The first kappa shape index (κ1) is 11.8. The minimum atomic E-state index is -0.838. The summed E-state index contributed by atoms with van der Waals surface area (Å²) in [5.41, 5.74) is 0. The Morgan fingerprint density at radius 3 is 2.81 bits per heavy atom. The smallest absolute Gasteiger partial charge is 0.311 e. The van der Waals surface area contributed by atoms with Gasteiger partial charge in [-0.3, -0.25) is 4.79 Å². The van der Waals surface area contributed by atoms with Crippen LogP contribution in [-0.2, 0) is 19.0 Å². The summed E-state index contributed by atoms with van der Waals surface area (Å²) in [7, 11) is 0. The first-order valence-corrected chi connectivity index (χ1v) is 5.66. The van der Waals surface area contributed by atoms with Crippen molar-refractivity contribution in [2.75, 3.05) is 13.2 Å². The molecule has 0 amide bonds. The van der Waals surface area contributed by atoms with Gasteiger partial charge in [-0.15, -0.1) is 0 Å². The zero-order valence-electron chi connectivity index (χ0n) is 9.64. The number of esters is 1. The van der Waals surface area contributed by atoms with Crippen LogP contribution in [0.2, 0.25) is 0 Å². The molecule has 0 spiro atoms. The van der Waals surface area contributed by atoms with E-state index in [1.165, 1.54) is 0 Å². The number of hydrogen-bond donors (Lipinski definition) is 1. The number of cyclic esters (lactones) is 1. The van der Waals surface area contributed by atoms with Crippen LogP contribution in [0.5, 0.6) is 0 Å². The predicted molar refractivity (Wildman–Crippen MR) is 54.6 cm³/mol. The predicted octanol–water partition coefficient (Wildman–Crippen LogP) is 0.452. The van der Waals surface area contributed by atoms with Gasteiger partial charge in [-0.25, -0.2) is 0 Å². The number of aliphatic hydroxyl groups is 1. The van der Waals surface area contributed by atoms with Crippen molar-refractivity contribution in [3.63, 3.8) is 0 Å². The summed E-state index contributed by atoms with van der Waals surface area (Å²) in [6.07, 6.45) is 0.172. The Balaban J connectivity index is 1.96. The Morgan fingerprint density at radius 2 is 2.25 bits per heavy atom. The monoisotopic (exact) mass is 230 g/mol. The van der Waals surface area contributed by atoms with Crippen LogP contribution in [-0.4, -0.2) is 42.3 Å². The molecule has 16 heavy (non-hydrogen) atoms. The molecule has 5 heteroatoms. The zero-order chi connectivity index (χ0) is 11.8. The van der Waals surface area contributed by atoms with Crippen LogP contribution in [0.15, 0.2) is 0 Å². The van der Waals surface area contributed by atoms with E-state index in [9.17, 15) is 9.90 Å². The fraction of sp³-hybridized carbons (Fsp3) is 0.909. The van der Waals surface area contributed by atoms with Crippen LogP contribution in [0.3, 0.4) is 0 Å². The van der Waals surface area contributed by atoms with Gasteiger partial charge in [0.15, 0.2) is 5.79 Å². The maximum atomic E-state index is 11.5. The fourth-order valence-corrected chi connectivity index (χ4v) is 2.15. The summed E-state index contributed by atoms with van der Waals surface area (Å²) in [5.74, 6) is -1.48. The molecule has 2 fully saturated rings. The lowest BCUT2D eigenvalue weighted by molar-refractivity contribution is -0.173. The van der Waals surface area contributed by atoms with Gasteiger partial charge < -0.3 is 19.3 Å². The van der Waals surface area contributed by atoms with Crippen LogP contribution in [0.1, 0.15) is 26.7 Å². The molecule has 0 bridgehead atoms. The second kappa shape index (κ2) is 4.31. The second-order valence-electron chi connectivity index (χ2n) is 4.77. The molecule has 1 N–H and O–H groups in total. The van der Waals surface area contributed by atoms with Gasteiger partial charge in [0.1, 0.15) is 6.10 Å². The third-order valence-electron chi connectivity index (χ3n) is 3.03. The van der Waals surface area contributed by atoms with Crippen LogP contribution in [0.4, 0.5) is 0 Å². The quantitative estimate of drug-likeness (QED) is 0.698. The topological polar surface area (TPSA) is 65.0 Å². The van der Waals surface area contributed by atoms with Gasteiger partial charge in [-0.2, -0.15) is 0 Å².